The van der Waals surface area contributed by atoms with Crippen molar-refractivity contribution in [1.82, 2.24) is 10.2 Å². The number of anilines is 1. The normalized spacial score (nSPS) is 10.8. The van der Waals surface area contributed by atoms with Crippen LogP contribution in [0.4, 0.5) is 5.13 Å². The Morgan fingerprint density at radius 1 is 1.24 bits per heavy atom. The van der Waals surface area contributed by atoms with Gasteiger partial charge in [-0.2, -0.15) is 0 Å². The van der Waals surface area contributed by atoms with Crippen molar-refractivity contribution in [2.24, 2.45) is 5.92 Å². The smallest absolute Gasteiger partial charge is 0.226 e. The lowest BCUT2D eigenvalue weighted by molar-refractivity contribution is -0.116. The van der Waals surface area contributed by atoms with Crippen molar-refractivity contribution in [3.8, 4) is 5.75 Å². The van der Waals surface area contributed by atoms with E-state index >= 15 is 0 Å². The molecule has 6 nitrogen and oxygen atoms in total. The SMILES string of the molecule is COc1ccc(C)cc1C(=O)CCC(=O)Nc1nnc(CC(C)C)s1. The van der Waals surface area contributed by atoms with Crippen LogP contribution in [0.5, 0.6) is 5.75 Å². The van der Waals surface area contributed by atoms with Gasteiger partial charge in [0.1, 0.15) is 10.8 Å². The summed E-state index contributed by atoms with van der Waals surface area (Å²) in [5, 5.41) is 12.1. The molecule has 0 unspecified atom stereocenters. The molecule has 1 aromatic heterocycles. The van der Waals surface area contributed by atoms with E-state index in [1.807, 2.05) is 13.0 Å². The van der Waals surface area contributed by atoms with Crippen LogP contribution >= 0.6 is 11.3 Å². The number of Topliss-reactive ketones (excluding diaryl/α,β-unsaturated/α-hetero) is 1. The molecular weight excluding hydrogens is 338 g/mol. The predicted molar refractivity (Wildman–Crippen MR) is 98.4 cm³/mol. The number of carbonyl (C=O) groups excluding carboxylic acids is 2. The summed E-state index contributed by atoms with van der Waals surface area (Å²) >= 11 is 1.37. The lowest BCUT2D eigenvalue weighted by atomic mass is 10.0. The van der Waals surface area contributed by atoms with Crippen molar-refractivity contribution in [1.29, 1.82) is 0 Å². The third kappa shape index (κ3) is 5.63. The maximum Gasteiger partial charge on any atom is 0.226 e. The maximum atomic E-state index is 12.4. The second-order valence-corrected chi connectivity index (χ2v) is 7.34. The molecule has 0 aliphatic rings. The van der Waals surface area contributed by atoms with Crippen molar-refractivity contribution in [2.45, 2.75) is 40.0 Å². The van der Waals surface area contributed by atoms with Gasteiger partial charge in [0, 0.05) is 19.3 Å². The Labute approximate surface area is 151 Å². The number of ketones is 1. The van der Waals surface area contributed by atoms with E-state index in [-0.39, 0.29) is 24.5 Å². The van der Waals surface area contributed by atoms with E-state index in [1.54, 1.807) is 12.1 Å². The van der Waals surface area contributed by atoms with Crippen molar-refractivity contribution >= 4 is 28.2 Å². The van der Waals surface area contributed by atoms with Gasteiger partial charge in [0.15, 0.2) is 5.78 Å². The Kier molecular flexibility index (Phi) is 6.64. The van der Waals surface area contributed by atoms with Gasteiger partial charge in [0.25, 0.3) is 0 Å². The number of ether oxygens (including phenoxy) is 1. The molecule has 7 heteroatoms. The topological polar surface area (TPSA) is 81.2 Å². The molecule has 1 amide bonds. The number of amides is 1. The zero-order valence-electron chi connectivity index (χ0n) is 15.0. The molecule has 134 valence electrons. The predicted octanol–water partition coefficient (Wildman–Crippen LogP) is 3.66. The van der Waals surface area contributed by atoms with E-state index < -0.39 is 0 Å². The third-order valence-corrected chi connectivity index (χ3v) is 4.39. The largest absolute Gasteiger partial charge is 0.496 e. The number of nitrogens with zero attached hydrogens (tertiary/aromatic N) is 2. The van der Waals surface area contributed by atoms with Crippen LogP contribution in [0.25, 0.3) is 0 Å². The molecule has 0 radical (unpaired) electrons. The first-order chi connectivity index (χ1) is 11.9. The Morgan fingerprint density at radius 3 is 2.68 bits per heavy atom. The maximum absolute atomic E-state index is 12.4. The van der Waals surface area contributed by atoms with Gasteiger partial charge in [-0.15, -0.1) is 10.2 Å². The highest BCUT2D eigenvalue weighted by molar-refractivity contribution is 7.15. The van der Waals surface area contributed by atoms with E-state index in [0.717, 1.165) is 17.0 Å². The molecule has 0 atom stereocenters. The molecule has 0 aliphatic carbocycles. The minimum Gasteiger partial charge on any atom is -0.496 e. The van der Waals surface area contributed by atoms with Crippen LogP contribution in [0.2, 0.25) is 0 Å². The second-order valence-electron chi connectivity index (χ2n) is 6.27. The number of rotatable bonds is 8. The molecule has 0 bridgehead atoms. The van der Waals surface area contributed by atoms with E-state index in [4.69, 9.17) is 4.74 Å². The second kappa shape index (κ2) is 8.71. The number of methoxy groups -OCH3 is 1. The number of hydrogen-bond acceptors (Lipinski definition) is 6. The first-order valence-electron chi connectivity index (χ1n) is 8.19. The molecule has 0 saturated heterocycles. The number of aromatic nitrogens is 2. The average molecular weight is 361 g/mol. The lowest BCUT2D eigenvalue weighted by Crippen LogP contribution is -2.13. The van der Waals surface area contributed by atoms with Crippen LogP contribution in [0.15, 0.2) is 18.2 Å². The van der Waals surface area contributed by atoms with Gasteiger partial charge in [-0.05, 0) is 25.0 Å². The average Bonchev–Trinajstić information content (AvgIpc) is 2.98. The molecule has 1 N–H and O–H groups in total. The lowest BCUT2D eigenvalue weighted by Gasteiger charge is -2.08. The highest BCUT2D eigenvalue weighted by Gasteiger charge is 2.15. The van der Waals surface area contributed by atoms with Crippen LogP contribution in [-0.4, -0.2) is 29.0 Å². The molecule has 0 aliphatic heterocycles. The highest BCUT2D eigenvalue weighted by Crippen LogP contribution is 2.22. The summed E-state index contributed by atoms with van der Waals surface area (Å²) in [6.45, 7) is 6.11. The Balaban J connectivity index is 1.90. The van der Waals surface area contributed by atoms with Gasteiger partial charge < -0.3 is 10.1 Å². The van der Waals surface area contributed by atoms with Gasteiger partial charge >= 0.3 is 0 Å². The molecule has 0 fully saturated rings. The fraction of sp³-hybridized carbons (Fsp3) is 0.444. The Bertz CT molecular complexity index is 756. The number of hydrogen-bond donors (Lipinski definition) is 1. The molecule has 0 spiro atoms. The first kappa shape index (κ1) is 19.1. The first-order valence-corrected chi connectivity index (χ1v) is 9.00. The number of carbonyl (C=O) groups is 2. The summed E-state index contributed by atoms with van der Waals surface area (Å²) in [4.78, 5) is 24.4. The minimum absolute atomic E-state index is 0.0923. The summed E-state index contributed by atoms with van der Waals surface area (Å²) in [5.74, 6) is 0.651. The summed E-state index contributed by atoms with van der Waals surface area (Å²) in [5.41, 5.74) is 1.48. The van der Waals surface area contributed by atoms with Gasteiger partial charge in [0.05, 0.1) is 12.7 Å². The fourth-order valence-corrected chi connectivity index (χ4v) is 3.29. The minimum atomic E-state index is -0.243. The van der Waals surface area contributed by atoms with Crippen molar-refractivity contribution < 1.29 is 14.3 Å². The summed E-state index contributed by atoms with van der Waals surface area (Å²) in [6, 6.07) is 5.43. The molecular formula is C18H23N3O3S. The molecule has 1 heterocycles. The highest BCUT2D eigenvalue weighted by atomic mass is 32.1. The molecule has 0 saturated carbocycles. The zero-order chi connectivity index (χ0) is 18.4. The van der Waals surface area contributed by atoms with Crippen molar-refractivity contribution in [3.05, 3.63) is 34.3 Å². The van der Waals surface area contributed by atoms with Crippen molar-refractivity contribution in [3.63, 3.8) is 0 Å². The quantitative estimate of drug-likeness (QED) is 0.726. The van der Waals surface area contributed by atoms with Crippen LogP contribution in [0, 0.1) is 12.8 Å². The number of nitrogens with one attached hydrogen (secondary N) is 1. The molecule has 1 aromatic carbocycles. The fourth-order valence-electron chi connectivity index (χ4n) is 2.32. The van der Waals surface area contributed by atoms with E-state index in [1.165, 1.54) is 18.4 Å². The molecule has 25 heavy (non-hydrogen) atoms. The molecule has 2 rings (SSSR count). The van der Waals surface area contributed by atoms with E-state index in [9.17, 15) is 9.59 Å². The summed E-state index contributed by atoms with van der Waals surface area (Å²) in [6.07, 6.45) is 1.04. The Morgan fingerprint density at radius 2 is 2.00 bits per heavy atom. The van der Waals surface area contributed by atoms with E-state index in [2.05, 4.69) is 29.4 Å². The van der Waals surface area contributed by atoms with Gasteiger partial charge in [-0.3, -0.25) is 9.59 Å². The Hall–Kier alpha value is -2.28. The third-order valence-electron chi connectivity index (χ3n) is 3.53. The van der Waals surface area contributed by atoms with Crippen LogP contribution in [0.1, 0.15) is 47.6 Å². The van der Waals surface area contributed by atoms with Gasteiger partial charge in [-0.25, -0.2) is 0 Å². The van der Waals surface area contributed by atoms with Crippen LogP contribution in [-0.2, 0) is 11.2 Å². The number of benzene rings is 1. The standard InChI is InChI=1S/C18H23N3O3S/c1-11(2)9-17-20-21-18(25-17)19-16(23)8-6-14(22)13-10-12(3)5-7-15(13)24-4/h5,7,10-11H,6,8-9H2,1-4H3,(H,19,21,23). The van der Waals surface area contributed by atoms with E-state index in [0.29, 0.717) is 22.4 Å². The van der Waals surface area contributed by atoms with Crippen molar-refractivity contribution in [2.75, 3.05) is 12.4 Å². The summed E-state index contributed by atoms with van der Waals surface area (Å²) < 4.78 is 5.22. The van der Waals surface area contributed by atoms with Gasteiger partial charge in [-0.1, -0.05) is 36.8 Å². The zero-order valence-corrected chi connectivity index (χ0v) is 15.8. The number of aryl methyl sites for hydroxylation is 1. The monoisotopic (exact) mass is 361 g/mol. The van der Waals surface area contributed by atoms with Crippen LogP contribution in [0.3, 0.4) is 0 Å². The van der Waals surface area contributed by atoms with Gasteiger partial charge in [0.2, 0.25) is 11.0 Å². The molecule has 2 aromatic rings. The van der Waals surface area contributed by atoms with Crippen LogP contribution < -0.4 is 10.1 Å². The summed E-state index contributed by atoms with van der Waals surface area (Å²) in [7, 11) is 1.53.